The fourth-order valence-electron chi connectivity index (χ4n) is 1.87. The smallest absolute Gasteiger partial charge is 0.247 e. The van der Waals surface area contributed by atoms with Crippen LogP contribution in [0, 0.1) is 11.8 Å². The molecule has 102 valence electrons. The Morgan fingerprint density at radius 3 is 2.53 bits per heavy atom. The Labute approximate surface area is 113 Å². The zero-order chi connectivity index (χ0) is 13.7. The average Bonchev–Trinajstić information content (AvgIpc) is 2.94. The fourth-order valence-corrected chi connectivity index (χ4v) is 1.87. The minimum absolute atomic E-state index is 0.482. The van der Waals surface area contributed by atoms with Crippen molar-refractivity contribution >= 4 is 5.69 Å². The van der Waals surface area contributed by atoms with Crippen molar-refractivity contribution in [3.8, 4) is 11.5 Å². The van der Waals surface area contributed by atoms with E-state index < -0.39 is 0 Å². The Hall–Kier alpha value is -1.88. The average molecular weight is 260 g/mol. The molecule has 1 aromatic heterocycles. The minimum atomic E-state index is 0.482. The number of rotatable bonds is 6. The summed E-state index contributed by atoms with van der Waals surface area (Å²) < 4.78 is 5.15. The molecule has 0 spiro atoms. The van der Waals surface area contributed by atoms with Crippen LogP contribution in [0.5, 0.6) is 0 Å². The summed E-state index contributed by atoms with van der Waals surface area (Å²) in [6, 6.07) is 7.94. The number of benzene rings is 1. The van der Waals surface area contributed by atoms with Gasteiger partial charge in [0.2, 0.25) is 12.3 Å². The molecule has 0 saturated heterocycles. The van der Waals surface area contributed by atoms with Gasteiger partial charge in [-0.15, -0.1) is 10.2 Å². The highest BCUT2D eigenvalue weighted by Gasteiger charge is 2.11. The van der Waals surface area contributed by atoms with Crippen molar-refractivity contribution in [2.24, 2.45) is 17.6 Å². The van der Waals surface area contributed by atoms with Gasteiger partial charge in [-0.2, -0.15) is 0 Å². The van der Waals surface area contributed by atoms with Gasteiger partial charge < -0.3 is 15.5 Å². The van der Waals surface area contributed by atoms with E-state index >= 15 is 0 Å². The van der Waals surface area contributed by atoms with Crippen LogP contribution in [0.25, 0.3) is 11.5 Å². The quantitative estimate of drug-likeness (QED) is 0.833. The highest BCUT2D eigenvalue weighted by molar-refractivity contribution is 5.58. The maximum absolute atomic E-state index is 5.76. The zero-order valence-corrected chi connectivity index (χ0v) is 11.3. The number of anilines is 1. The first-order valence-corrected chi connectivity index (χ1v) is 6.51. The summed E-state index contributed by atoms with van der Waals surface area (Å²) in [5, 5.41) is 10.9. The van der Waals surface area contributed by atoms with Crippen molar-refractivity contribution in [2.45, 2.75) is 13.8 Å². The van der Waals surface area contributed by atoms with E-state index in [-0.39, 0.29) is 0 Å². The van der Waals surface area contributed by atoms with Gasteiger partial charge in [0.25, 0.3) is 0 Å². The molecule has 0 aliphatic rings. The van der Waals surface area contributed by atoms with Crippen molar-refractivity contribution < 1.29 is 4.42 Å². The third-order valence-electron chi connectivity index (χ3n) is 3.31. The number of hydrogen-bond acceptors (Lipinski definition) is 5. The van der Waals surface area contributed by atoms with Crippen LogP contribution in [0.15, 0.2) is 35.1 Å². The van der Waals surface area contributed by atoms with E-state index in [0.29, 0.717) is 24.3 Å². The minimum Gasteiger partial charge on any atom is -0.423 e. The van der Waals surface area contributed by atoms with Crippen molar-refractivity contribution in [1.29, 1.82) is 0 Å². The molecule has 5 nitrogen and oxygen atoms in total. The van der Waals surface area contributed by atoms with Crippen LogP contribution in [0.2, 0.25) is 0 Å². The molecule has 2 rings (SSSR count). The van der Waals surface area contributed by atoms with Gasteiger partial charge >= 0.3 is 0 Å². The van der Waals surface area contributed by atoms with Gasteiger partial charge in [-0.05, 0) is 42.6 Å². The van der Waals surface area contributed by atoms with Gasteiger partial charge in [0.1, 0.15) is 0 Å². The third-order valence-corrected chi connectivity index (χ3v) is 3.31. The molecule has 0 fully saturated rings. The molecule has 1 atom stereocenters. The molecular formula is C14H20N4O. The zero-order valence-electron chi connectivity index (χ0n) is 11.3. The largest absolute Gasteiger partial charge is 0.423 e. The maximum Gasteiger partial charge on any atom is 0.247 e. The lowest BCUT2D eigenvalue weighted by Crippen LogP contribution is -2.27. The molecule has 1 aromatic carbocycles. The van der Waals surface area contributed by atoms with Crippen LogP contribution in [0.1, 0.15) is 13.8 Å². The highest BCUT2D eigenvalue weighted by Crippen LogP contribution is 2.19. The highest BCUT2D eigenvalue weighted by atomic mass is 16.4. The topological polar surface area (TPSA) is 77.0 Å². The van der Waals surface area contributed by atoms with Gasteiger partial charge in [-0.3, -0.25) is 0 Å². The Balaban J connectivity index is 1.96. The second-order valence-corrected chi connectivity index (χ2v) is 4.94. The van der Waals surface area contributed by atoms with Crippen molar-refractivity contribution in [3.63, 3.8) is 0 Å². The molecule has 3 N–H and O–H groups in total. The van der Waals surface area contributed by atoms with Crippen molar-refractivity contribution in [3.05, 3.63) is 30.7 Å². The summed E-state index contributed by atoms with van der Waals surface area (Å²) in [5.74, 6) is 1.60. The van der Waals surface area contributed by atoms with Gasteiger partial charge in [-0.1, -0.05) is 13.8 Å². The lowest BCUT2D eigenvalue weighted by atomic mass is 9.96. The second kappa shape index (κ2) is 6.33. The Bertz CT molecular complexity index is 479. The van der Waals surface area contributed by atoms with E-state index in [2.05, 4.69) is 29.4 Å². The summed E-state index contributed by atoms with van der Waals surface area (Å²) >= 11 is 0. The molecule has 2 aromatic rings. The first-order valence-electron chi connectivity index (χ1n) is 6.51. The third kappa shape index (κ3) is 3.54. The summed E-state index contributed by atoms with van der Waals surface area (Å²) in [4.78, 5) is 0. The number of nitrogens with one attached hydrogen (secondary N) is 1. The van der Waals surface area contributed by atoms with Crippen molar-refractivity contribution in [1.82, 2.24) is 10.2 Å². The van der Waals surface area contributed by atoms with Gasteiger partial charge in [0, 0.05) is 17.8 Å². The van der Waals surface area contributed by atoms with Crippen LogP contribution in [-0.4, -0.2) is 23.3 Å². The van der Waals surface area contributed by atoms with Crippen LogP contribution in [0.4, 0.5) is 5.69 Å². The lowest BCUT2D eigenvalue weighted by Gasteiger charge is -2.19. The van der Waals surface area contributed by atoms with E-state index in [1.54, 1.807) is 0 Å². The Kier molecular flexibility index (Phi) is 4.52. The molecular weight excluding hydrogens is 240 g/mol. The molecule has 0 saturated carbocycles. The summed E-state index contributed by atoms with van der Waals surface area (Å²) in [6.07, 6.45) is 1.33. The number of nitrogens with zero attached hydrogens (tertiary/aromatic N) is 2. The van der Waals surface area contributed by atoms with E-state index in [9.17, 15) is 0 Å². The molecule has 0 aliphatic carbocycles. The predicted octanol–water partition coefficient (Wildman–Crippen LogP) is 2.38. The van der Waals surface area contributed by atoms with E-state index in [1.165, 1.54) is 6.39 Å². The fraction of sp³-hybridized carbons (Fsp3) is 0.429. The first-order chi connectivity index (χ1) is 9.20. The molecule has 0 bridgehead atoms. The van der Waals surface area contributed by atoms with Crippen LogP contribution in [0.3, 0.4) is 0 Å². The Morgan fingerprint density at radius 1 is 1.26 bits per heavy atom. The lowest BCUT2D eigenvalue weighted by molar-refractivity contribution is 0.413. The molecule has 1 unspecified atom stereocenters. The van der Waals surface area contributed by atoms with E-state index in [4.69, 9.17) is 10.2 Å². The summed E-state index contributed by atoms with van der Waals surface area (Å²) in [5.41, 5.74) is 7.75. The first kappa shape index (κ1) is 13.5. The van der Waals surface area contributed by atoms with Crippen molar-refractivity contribution in [2.75, 3.05) is 18.4 Å². The van der Waals surface area contributed by atoms with Crippen LogP contribution in [-0.2, 0) is 0 Å². The van der Waals surface area contributed by atoms with E-state index in [1.807, 2.05) is 24.3 Å². The Morgan fingerprint density at radius 2 is 2.00 bits per heavy atom. The molecule has 19 heavy (non-hydrogen) atoms. The normalized spacial score (nSPS) is 12.6. The molecule has 5 heteroatoms. The summed E-state index contributed by atoms with van der Waals surface area (Å²) in [7, 11) is 0. The van der Waals surface area contributed by atoms with Crippen LogP contribution < -0.4 is 11.1 Å². The molecule has 1 heterocycles. The predicted molar refractivity (Wildman–Crippen MR) is 75.6 cm³/mol. The standard InChI is InChI=1S/C14H20N4O/c1-10(2)12(7-15)8-16-13-5-3-11(4-6-13)14-18-17-9-19-14/h3-6,9-10,12,16H,7-8,15H2,1-2H3. The van der Waals surface area contributed by atoms with Gasteiger partial charge in [-0.25, -0.2) is 0 Å². The number of hydrogen-bond donors (Lipinski definition) is 2. The van der Waals surface area contributed by atoms with E-state index in [0.717, 1.165) is 17.8 Å². The summed E-state index contributed by atoms with van der Waals surface area (Å²) in [6.45, 7) is 5.97. The second-order valence-electron chi connectivity index (χ2n) is 4.94. The number of nitrogens with two attached hydrogens (primary N) is 1. The molecule has 0 amide bonds. The monoisotopic (exact) mass is 260 g/mol. The molecule has 0 radical (unpaired) electrons. The van der Waals surface area contributed by atoms with Gasteiger partial charge in [0.05, 0.1) is 0 Å². The maximum atomic E-state index is 5.76. The van der Waals surface area contributed by atoms with Crippen LogP contribution >= 0.6 is 0 Å². The molecule has 0 aliphatic heterocycles. The number of aromatic nitrogens is 2. The van der Waals surface area contributed by atoms with Gasteiger partial charge in [0.15, 0.2) is 0 Å². The SMILES string of the molecule is CC(C)C(CN)CNc1ccc(-c2nnco2)cc1.